The summed E-state index contributed by atoms with van der Waals surface area (Å²) in [4.78, 5) is 0. The van der Waals surface area contributed by atoms with E-state index in [1.807, 2.05) is 22.7 Å². The molecule has 0 amide bonds. The summed E-state index contributed by atoms with van der Waals surface area (Å²) in [7, 11) is 0. The normalized spacial score (nSPS) is 16.8. The van der Waals surface area contributed by atoms with Crippen molar-refractivity contribution in [3.05, 3.63) is 175 Å². The van der Waals surface area contributed by atoms with Crippen LogP contribution in [0.15, 0.2) is 158 Å². The lowest BCUT2D eigenvalue weighted by Crippen LogP contribution is -2.38. The molecular weight excluding hydrogens is 741 g/mol. The third-order valence-electron chi connectivity index (χ3n) is 13.9. The fourth-order valence-electron chi connectivity index (χ4n) is 11.2. The van der Waals surface area contributed by atoms with Gasteiger partial charge in [0.25, 0.3) is 0 Å². The van der Waals surface area contributed by atoms with Gasteiger partial charge in [-0.15, -0.1) is 22.7 Å². The molecule has 1 fully saturated rings. The maximum atomic E-state index is 2.61. The highest BCUT2D eigenvalue weighted by atomic mass is 32.1. The zero-order valence-electron chi connectivity index (χ0n) is 32.1. The number of thiophene rings is 2. The van der Waals surface area contributed by atoms with Crippen LogP contribution in [0.2, 0.25) is 0 Å². The standard InChI is InChI=1S/C54H40N2S2/c1-10-28-54(29-11-1,34-20-24-48-42(30-34)38-12-2-6-16-46(38)55(48)36-22-26-52-44(32-36)40-14-4-8-18-50(40)57-52)35-21-25-49-43(31-35)39-13-3-7-17-47(39)56(49)37-23-27-53-45(33-37)41-15-5-9-19-51(41)58-53/h2-9,12-27,30,32-33,35H,1,10-11,28-29,31H2. The average molecular weight is 781 g/mol. The first-order chi connectivity index (χ1) is 28.7. The van der Waals surface area contributed by atoms with E-state index >= 15 is 0 Å². The Labute approximate surface area is 344 Å². The van der Waals surface area contributed by atoms with E-state index in [0.717, 1.165) is 6.42 Å². The molecular formula is C54H40N2S2. The van der Waals surface area contributed by atoms with Gasteiger partial charge in [-0.25, -0.2) is 0 Å². The average Bonchev–Trinajstić information content (AvgIpc) is 4.03. The van der Waals surface area contributed by atoms with E-state index in [4.69, 9.17) is 0 Å². The van der Waals surface area contributed by atoms with Crippen LogP contribution in [0.3, 0.4) is 0 Å². The predicted octanol–water partition coefficient (Wildman–Crippen LogP) is 15.6. The van der Waals surface area contributed by atoms with Gasteiger partial charge < -0.3 is 9.13 Å². The fourth-order valence-corrected chi connectivity index (χ4v) is 13.4. The van der Waals surface area contributed by atoms with Crippen molar-refractivity contribution in [2.45, 2.75) is 43.9 Å². The fraction of sp³-hybridized carbons (Fsp3) is 0.148. The molecule has 4 heterocycles. The minimum atomic E-state index is 0.0794. The summed E-state index contributed by atoms with van der Waals surface area (Å²) in [5, 5.41) is 9.47. The molecule has 13 rings (SSSR count). The Morgan fingerprint density at radius 1 is 0.448 bits per heavy atom. The summed E-state index contributed by atoms with van der Waals surface area (Å²) in [5.74, 6) is 0.419. The van der Waals surface area contributed by atoms with E-state index < -0.39 is 0 Å². The van der Waals surface area contributed by atoms with E-state index in [1.54, 1.807) is 0 Å². The molecule has 2 nitrogen and oxygen atoms in total. The van der Waals surface area contributed by atoms with Gasteiger partial charge in [0.15, 0.2) is 0 Å². The van der Waals surface area contributed by atoms with Gasteiger partial charge in [0.1, 0.15) is 0 Å². The summed E-state index contributed by atoms with van der Waals surface area (Å²) < 4.78 is 10.4. The van der Waals surface area contributed by atoms with Gasteiger partial charge in [-0.05, 0) is 115 Å². The summed E-state index contributed by atoms with van der Waals surface area (Å²) >= 11 is 3.78. The Morgan fingerprint density at radius 3 is 1.69 bits per heavy atom. The van der Waals surface area contributed by atoms with Gasteiger partial charge in [-0.2, -0.15) is 0 Å². The van der Waals surface area contributed by atoms with Crippen LogP contribution in [0, 0.1) is 5.92 Å². The van der Waals surface area contributed by atoms with Crippen LogP contribution < -0.4 is 0 Å². The van der Waals surface area contributed by atoms with Crippen LogP contribution in [0.5, 0.6) is 0 Å². The number of para-hydroxylation sites is 2. The topological polar surface area (TPSA) is 9.86 Å². The monoisotopic (exact) mass is 780 g/mol. The second-order valence-corrected chi connectivity index (χ2v) is 18.9. The number of hydrogen-bond donors (Lipinski definition) is 0. The summed E-state index contributed by atoms with van der Waals surface area (Å²) in [6.07, 6.45) is 12.5. The quantitative estimate of drug-likeness (QED) is 0.168. The third kappa shape index (κ3) is 4.70. The molecule has 0 N–H and O–H groups in total. The van der Waals surface area contributed by atoms with Crippen molar-refractivity contribution in [1.29, 1.82) is 0 Å². The number of fused-ring (bicyclic) bond motifs is 12. The lowest BCUT2D eigenvalue weighted by atomic mass is 9.59. The molecule has 0 bridgehead atoms. The first-order valence-electron chi connectivity index (χ1n) is 20.9. The van der Waals surface area contributed by atoms with Crippen LogP contribution in [0.25, 0.3) is 90.5 Å². The van der Waals surface area contributed by atoms with Crippen molar-refractivity contribution in [3.8, 4) is 11.4 Å². The number of nitrogens with zero attached hydrogens (tertiary/aromatic N) is 2. The van der Waals surface area contributed by atoms with Crippen molar-refractivity contribution >= 4 is 102 Å². The zero-order chi connectivity index (χ0) is 38.0. The van der Waals surface area contributed by atoms with Crippen LogP contribution in [0.1, 0.15) is 48.9 Å². The Bertz CT molecular complexity index is 3490. The Hall–Kier alpha value is -5.94. The van der Waals surface area contributed by atoms with Gasteiger partial charge in [-0.3, -0.25) is 0 Å². The van der Waals surface area contributed by atoms with Gasteiger partial charge in [-0.1, -0.05) is 104 Å². The van der Waals surface area contributed by atoms with Gasteiger partial charge >= 0.3 is 0 Å². The first kappa shape index (κ1) is 33.1. The van der Waals surface area contributed by atoms with Crippen molar-refractivity contribution in [3.63, 3.8) is 0 Å². The molecule has 0 saturated heterocycles. The smallest absolute Gasteiger partial charge is 0.0541 e. The van der Waals surface area contributed by atoms with Gasteiger partial charge in [0, 0.05) is 79.0 Å². The summed E-state index contributed by atoms with van der Waals surface area (Å²) in [6, 6.07) is 57.6. The van der Waals surface area contributed by atoms with E-state index in [0.29, 0.717) is 5.92 Å². The largest absolute Gasteiger partial charge is 0.310 e. The molecule has 0 radical (unpaired) electrons. The van der Waals surface area contributed by atoms with Crippen molar-refractivity contribution in [2.75, 3.05) is 0 Å². The van der Waals surface area contributed by atoms with Gasteiger partial charge in [0.2, 0.25) is 0 Å². The van der Waals surface area contributed by atoms with Crippen molar-refractivity contribution in [2.24, 2.45) is 5.92 Å². The molecule has 4 heteroatoms. The molecule has 1 saturated carbocycles. The SMILES string of the molecule is C1=CC(C2(c3ccc4c(c3)c3ccccc3n4-c3ccc4sc5ccccc5c4c3)CCCCC2)Cc2c1n(-c1ccc3sc4ccccc4c3c1)c1ccccc21. The number of hydrogen-bond acceptors (Lipinski definition) is 2. The van der Waals surface area contributed by atoms with Crippen molar-refractivity contribution in [1.82, 2.24) is 9.13 Å². The summed E-state index contributed by atoms with van der Waals surface area (Å²) in [6.45, 7) is 0. The maximum absolute atomic E-state index is 2.61. The van der Waals surface area contributed by atoms with E-state index in [1.165, 1.54) is 133 Å². The van der Waals surface area contributed by atoms with Crippen LogP contribution in [0.4, 0.5) is 0 Å². The molecule has 0 aliphatic heterocycles. The second-order valence-electron chi connectivity index (χ2n) is 16.7. The minimum Gasteiger partial charge on any atom is -0.310 e. The van der Waals surface area contributed by atoms with Gasteiger partial charge in [0.05, 0.1) is 16.6 Å². The third-order valence-corrected chi connectivity index (χ3v) is 16.2. The molecule has 1 atom stereocenters. The highest BCUT2D eigenvalue weighted by Gasteiger charge is 2.42. The van der Waals surface area contributed by atoms with E-state index in [-0.39, 0.29) is 5.41 Å². The minimum absolute atomic E-state index is 0.0794. The van der Waals surface area contributed by atoms with Crippen LogP contribution in [-0.2, 0) is 11.8 Å². The molecule has 2 aliphatic carbocycles. The number of rotatable bonds is 4. The number of aromatic nitrogens is 2. The number of allylic oxidation sites excluding steroid dienone is 1. The van der Waals surface area contributed by atoms with E-state index in [2.05, 4.69) is 173 Å². The second kappa shape index (κ2) is 12.5. The van der Waals surface area contributed by atoms with E-state index in [9.17, 15) is 0 Å². The molecule has 11 aromatic rings. The zero-order valence-corrected chi connectivity index (χ0v) is 33.8. The lowest BCUT2D eigenvalue weighted by Gasteiger charge is -2.44. The van der Waals surface area contributed by atoms with Crippen LogP contribution >= 0.6 is 22.7 Å². The van der Waals surface area contributed by atoms with Crippen LogP contribution in [-0.4, -0.2) is 9.13 Å². The maximum Gasteiger partial charge on any atom is 0.0541 e. The highest BCUT2D eigenvalue weighted by Crippen LogP contribution is 2.51. The molecule has 7 aromatic carbocycles. The molecule has 1 unspecified atom stereocenters. The lowest BCUT2D eigenvalue weighted by molar-refractivity contribution is 0.222. The van der Waals surface area contributed by atoms with Crippen molar-refractivity contribution < 1.29 is 0 Å². The predicted molar refractivity (Wildman–Crippen MR) is 251 cm³/mol. The summed E-state index contributed by atoms with van der Waals surface area (Å²) in [5.41, 5.74) is 10.8. The number of benzene rings is 7. The first-order valence-corrected chi connectivity index (χ1v) is 22.5. The Morgan fingerprint density at radius 2 is 1.00 bits per heavy atom. The molecule has 2 aliphatic rings. The molecule has 4 aromatic heterocycles. The highest BCUT2D eigenvalue weighted by molar-refractivity contribution is 7.26. The molecule has 0 spiro atoms. The Balaban J connectivity index is 0.949. The Kier molecular flexibility index (Phi) is 7.14. The molecule has 278 valence electrons. The molecule has 58 heavy (non-hydrogen) atoms.